The van der Waals surface area contributed by atoms with Gasteiger partial charge in [0.25, 0.3) is 5.56 Å². The summed E-state index contributed by atoms with van der Waals surface area (Å²) in [5.74, 6) is 1.24. The first-order valence-electron chi connectivity index (χ1n) is 6.53. The SMILES string of the molecule is CCc1noc(C(C)Sc2nc3sccc3c(=O)n2C)n1. The van der Waals surface area contributed by atoms with Crippen LogP contribution in [0.2, 0.25) is 0 Å². The van der Waals surface area contributed by atoms with E-state index in [-0.39, 0.29) is 10.8 Å². The second-order valence-electron chi connectivity index (χ2n) is 4.56. The summed E-state index contributed by atoms with van der Waals surface area (Å²) in [6, 6.07) is 1.80. The summed E-state index contributed by atoms with van der Waals surface area (Å²) in [5.41, 5.74) is -0.0317. The lowest BCUT2D eigenvalue weighted by Crippen LogP contribution is -2.19. The highest BCUT2D eigenvalue weighted by molar-refractivity contribution is 7.99. The molecule has 0 N–H and O–H groups in total. The Morgan fingerprint density at radius 1 is 1.48 bits per heavy atom. The molecule has 0 fully saturated rings. The first-order valence-corrected chi connectivity index (χ1v) is 8.29. The molecular weight excluding hydrogens is 308 g/mol. The van der Waals surface area contributed by atoms with Crippen LogP contribution in [0.1, 0.15) is 30.8 Å². The van der Waals surface area contributed by atoms with Gasteiger partial charge in [0.1, 0.15) is 4.83 Å². The van der Waals surface area contributed by atoms with Gasteiger partial charge in [-0.05, 0) is 18.4 Å². The van der Waals surface area contributed by atoms with Crippen molar-refractivity contribution in [1.29, 1.82) is 0 Å². The van der Waals surface area contributed by atoms with E-state index in [0.717, 1.165) is 11.3 Å². The number of thiophene rings is 1. The van der Waals surface area contributed by atoms with Crippen molar-refractivity contribution in [3.8, 4) is 0 Å². The monoisotopic (exact) mass is 322 g/mol. The van der Waals surface area contributed by atoms with Crippen LogP contribution in [0.5, 0.6) is 0 Å². The Balaban J connectivity index is 1.93. The van der Waals surface area contributed by atoms with Gasteiger partial charge in [-0.25, -0.2) is 4.98 Å². The molecule has 0 spiro atoms. The lowest BCUT2D eigenvalue weighted by Gasteiger charge is -2.09. The third kappa shape index (κ3) is 2.60. The topological polar surface area (TPSA) is 73.8 Å². The van der Waals surface area contributed by atoms with E-state index in [4.69, 9.17) is 4.52 Å². The minimum Gasteiger partial charge on any atom is -0.338 e. The van der Waals surface area contributed by atoms with Gasteiger partial charge < -0.3 is 4.52 Å². The third-order valence-corrected chi connectivity index (χ3v) is 5.03. The Bertz CT molecular complexity index is 836. The van der Waals surface area contributed by atoms with Crippen molar-refractivity contribution in [2.45, 2.75) is 30.7 Å². The summed E-state index contributed by atoms with van der Waals surface area (Å²) in [5, 5.41) is 7.02. The normalized spacial score (nSPS) is 12.9. The number of rotatable bonds is 4. The van der Waals surface area contributed by atoms with E-state index in [2.05, 4.69) is 15.1 Å². The molecular formula is C13H14N4O2S2. The van der Waals surface area contributed by atoms with Gasteiger partial charge in [-0.1, -0.05) is 23.8 Å². The Labute approximate surface area is 129 Å². The van der Waals surface area contributed by atoms with Crippen molar-refractivity contribution in [3.63, 3.8) is 0 Å². The van der Waals surface area contributed by atoms with Crippen LogP contribution in [0, 0.1) is 0 Å². The summed E-state index contributed by atoms with van der Waals surface area (Å²) in [6.45, 7) is 3.94. The fourth-order valence-corrected chi connectivity index (χ4v) is 3.58. The van der Waals surface area contributed by atoms with Crippen LogP contribution in [0.4, 0.5) is 0 Å². The summed E-state index contributed by atoms with van der Waals surface area (Å²) in [6.07, 6.45) is 0.735. The molecule has 1 atom stereocenters. The minimum atomic E-state index is -0.0617. The number of aromatic nitrogens is 4. The molecule has 1 unspecified atom stereocenters. The second-order valence-corrected chi connectivity index (χ2v) is 6.76. The molecule has 0 radical (unpaired) electrons. The van der Waals surface area contributed by atoms with Gasteiger partial charge in [-0.2, -0.15) is 4.98 Å². The Hall–Kier alpha value is -1.67. The molecule has 110 valence electrons. The Kier molecular flexibility index (Phi) is 3.81. The molecule has 0 aliphatic heterocycles. The lowest BCUT2D eigenvalue weighted by atomic mass is 10.4. The largest absolute Gasteiger partial charge is 0.338 e. The molecule has 3 aromatic rings. The molecule has 3 rings (SSSR count). The second kappa shape index (κ2) is 5.61. The third-order valence-electron chi connectivity index (χ3n) is 3.09. The number of thioether (sulfide) groups is 1. The molecule has 3 heterocycles. The first-order chi connectivity index (χ1) is 10.1. The van der Waals surface area contributed by atoms with Gasteiger partial charge in [-0.15, -0.1) is 11.3 Å². The zero-order valence-corrected chi connectivity index (χ0v) is 13.5. The molecule has 0 bridgehead atoms. The van der Waals surface area contributed by atoms with E-state index in [1.807, 2.05) is 19.2 Å². The van der Waals surface area contributed by atoms with Crippen LogP contribution in [-0.4, -0.2) is 19.7 Å². The molecule has 0 aliphatic rings. The Morgan fingerprint density at radius 2 is 2.29 bits per heavy atom. The number of hydrogen-bond donors (Lipinski definition) is 0. The van der Waals surface area contributed by atoms with Crippen molar-refractivity contribution >= 4 is 33.3 Å². The highest BCUT2D eigenvalue weighted by atomic mass is 32.2. The number of fused-ring (bicyclic) bond motifs is 1. The molecule has 0 aliphatic carbocycles. The Morgan fingerprint density at radius 3 is 3.00 bits per heavy atom. The number of nitrogens with zero attached hydrogens (tertiary/aromatic N) is 4. The fourth-order valence-electron chi connectivity index (χ4n) is 1.87. The molecule has 0 saturated heterocycles. The van der Waals surface area contributed by atoms with Crippen molar-refractivity contribution in [2.75, 3.05) is 0 Å². The van der Waals surface area contributed by atoms with Gasteiger partial charge in [0.05, 0.1) is 10.6 Å². The van der Waals surface area contributed by atoms with Crippen molar-refractivity contribution < 1.29 is 4.52 Å². The molecule has 21 heavy (non-hydrogen) atoms. The smallest absolute Gasteiger partial charge is 0.262 e. The van der Waals surface area contributed by atoms with Crippen LogP contribution < -0.4 is 5.56 Å². The zero-order valence-electron chi connectivity index (χ0n) is 11.9. The van der Waals surface area contributed by atoms with Crippen LogP contribution in [0.3, 0.4) is 0 Å². The van der Waals surface area contributed by atoms with Crippen LogP contribution >= 0.6 is 23.1 Å². The van der Waals surface area contributed by atoms with Gasteiger partial charge >= 0.3 is 0 Å². The van der Waals surface area contributed by atoms with Crippen LogP contribution in [0.15, 0.2) is 25.9 Å². The van der Waals surface area contributed by atoms with Crippen molar-refractivity contribution in [2.24, 2.45) is 7.05 Å². The quantitative estimate of drug-likeness (QED) is 0.543. The summed E-state index contributed by atoms with van der Waals surface area (Å²) < 4.78 is 6.80. The standard InChI is InChI=1S/C13H14N4O2S2/c1-4-9-14-10(19-16-9)7(2)21-13-15-11-8(5-6-20-11)12(18)17(13)3/h5-7H,4H2,1-3H3. The molecule has 0 saturated carbocycles. The van der Waals surface area contributed by atoms with E-state index in [9.17, 15) is 4.79 Å². The summed E-state index contributed by atoms with van der Waals surface area (Å²) >= 11 is 2.91. The van der Waals surface area contributed by atoms with Crippen LogP contribution in [0.25, 0.3) is 10.2 Å². The predicted molar refractivity (Wildman–Crippen MR) is 82.8 cm³/mol. The number of hydrogen-bond acceptors (Lipinski definition) is 7. The van der Waals surface area contributed by atoms with Gasteiger partial charge in [0.15, 0.2) is 11.0 Å². The highest BCUT2D eigenvalue weighted by Crippen LogP contribution is 2.33. The molecule has 0 amide bonds. The molecule has 8 heteroatoms. The lowest BCUT2D eigenvalue weighted by molar-refractivity contribution is 0.375. The van der Waals surface area contributed by atoms with E-state index in [1.54, 1.807) is 17.7 Å². The van der Waals surface area contributed by atoms with Crippen molar-refractivity contribution in [1.82, 2.24) is 19.7 Å². The van der Waals surface area contributed by atoms with E-state index < -0.39 is 0 Å². The average molecular weight is 322 g/mol. The maximum atomic E-state index is 12.2. The minimum absolute atomic E-state index is 0.0317. The highest BCUT2D eigenvalue weighted by Gasteiger charge is 2.18. The van der Waals surface area contributed by atoms with Gasteiger partial charge in [0.2, 0.25) is 5.89 Å². The van der Waals surface area contributed by atoms with Crippen molar-refractivity contribution in [3.05, 3.63) is 33.5 Å². The van der Waals surface area contributed by atoms with E-state index >= 15 is 0 Å². The van der Waals surface area contributed by atoms with Gasteiger partial charge in [0, 0.05) is 13.5 Å². The fraction of sp³-hybridized carbons (Fsp3) is 0.385. The first kappa shape index (κ1) is 14.3. The molecule has 6 nitrogen and oxygen atoms in total. The number of aryl methyl sites for hydroxylation is 1. The average Bonchev–Trinajstić information content (AvgIpc) is 3.12. The van der Waals surface area contributed by atoms with E-state index in [0.29, 0.717) is 22.3 Å². The molecule has 3 aromatic heterocycles. The molecule has 0 aromatic carbocycles. The van der Waals surface area contributed by atoms with E-state index in [1.165, 1.54) is 23.1 Å². The summed E-state index contributed by atoms with van der Waals surface area (Å²) in [4.78, 5) is 21.9. The van der Waals surface area contributed by atoms with Gasteiger partial charge in [-0.3, -0.25) is 9.36 Å². The maximum Gasteiger partial charge on any atom is 0.262 e. The van der Waals surface area contributed by atoms with Crippen LogP contribution in [-0.2, 0) is 13.5 Å². The summed E-state index contributed by atoms with van der Waals surface area (Å²) in [7, 11) is 1.73. The zero-order chi connectivity index (χ0) is 15.0. The maximum absolute atomic E-state index is 12.2. The predicted octanol–water partition coefficient (Wildman–Crippen LogP) is 2.79.